The van der Waals surface area contributed by atoms with Crippen molar-refractivity contribution in [2.24, 2.45) is 0 Å². The van der Waals surface area contributed by atoms with E-state index < -0.39 is 17.6 Å². The highest BCUT2D eigenvalue weighted by Gasteiger charge is 2.07. The van der Waals surface area contributed by atoms with Gasteiger partial charge in [0.05, 0.1) is 11.6 Å². The third-order valence-electron chi connectivity index (χ3n) is 3.13. The summed E-state index contributed by atoms with van der Waals surface area (Å²) in [6.07, 6.45) is 2.30. The monoisotopic (exact) mass is 362 g/mol. The van der Waals surface area contributed by atoms with Crippen LogP contribution in [0.3, 0.4) is 0 Å². The fraction of sp³-hybridized carbons (Fsp3) is 0.111. The normalized spacial score (nSPS) is 10.5. The summed E-state index contributed by atoms with van der Waals surface area (Å²) in [5, 5.41) is 0.183. The van der Waals surface area contributed by atoms with Crippen LogP contribution in [0.15, 0.2) is 48.5 Å². The maximum atomic E-state index is 13.6. The zero-order valence-electron chi connectivity index (χ0n) is 13.4. The lowest BCUT2D eigenvalue weighted by Crippen LogP contribution is -2.40. The Kier molecular flexibility index (Phi) is 6.54. The van der Waals surface area contributed by atoms with Crippen molar-refractivity contribution in [2.75, 3.05) is 6.61 Å². The van der Waals surface area contributed by atoms with Gasteiger partial charge in [-0.1, -0.05) is 17.7 Å². The Morgan fingerprint density at radius 2 is 1.88 bits per heavy atom. The van der Waals surface area contributed by atoms with Gasteiger partial charge in [-0.3, -0.25) is 20.4 Å². The number of halogens is 2. The molecule has 7 heteroatoms. The zero-order chi connectivity index (χ0) is 18.2. The number of rotatable bonds is 5. The van der Waals surface area contributed by atoms with Crippen molar-refractivity contribution >= 4 is 29.5 Å². The highest BCUT2D eigenvalue weighted by Crippen LogP contribution is 2.20. The molecule has 2 rings (SSSR count). The molecule has 2 aromatic carbocycles. The fourth-order valence-electron chi connectivity index (χ4n) is 1.93. The molecule has 0 radical (unpaired) electrons. The van der Waals surface area contributed by atoms with Crippen LogP contribution in [0.5, 0.6) is 5.75 Å². The molecule has 0 saturated heterocycles. The third kappa shape index (κ3) is 5.32. The van der Waals surface area contributed by atoms with Gasteiger partial charge in [0.15, 0.2) is 0 Å². The number of carbonyl (C=O) groups is 2. The first-order valence-corrected chi connectivity index (χ1v) is 7.84. The summed E-state index contributed by atoms with van der Waals surface area (Å²) in [5.74, 6) is -1.02. The average Bonchev–Trinajstić information content (AvgIpc) is 2.60. The topological polar surface area (TPSA) is 67.4 Å². The van der Waals surface area contributed by atoms with Gasteiger partial charge in [0.25, 0.3) is 11.8 Å². The summed E-state index contributed by atoms with van der Waals surface area (Å²) in [6.45, 7) is 2.39. The fourth-order valence-corrected chi connectivity index (χ4v) is 2.16. The summed E-state index contributed by atoms with van der Waals surface area (Å²) in [5.41, 5.74) is 4.91. The molecule has 25 heavy (non-hydrogen) atoms. The second-order valence-corrected chi connectivity index (χ2v) is 5.28. The summed E-state index contributed by atoms with van der Waals surface area (Å²) >= 11 is 5.85. The van der Waals surface area contributed by atoms with E-state index in [9.17, 15) is 14.0 Å². The molecule has 0 aliphatic rings. The Labute approximate surface area is 149 Å². The first-order chi connectivity index (χ1) is 12.0. The van der Waals surface area contributed by atoms with Gasteiger partial charge in [-0.2, -0.15) is 0 Å². The van der Waals surface area contributed by atoms with E-state index in [-0.39, 0.29) is 10.6 Å². The van der Waals surface area contributed by atoms with Crippen LogP contribution >= 0.6 is 11.6 Å². The highest BCUT2D eigenvalue weighted by molar-refractivity contribution is 6.32. The predicted molar refractivity (Wildman–Crippen MR) is 93.7 cm³/mol. The maximum Gasteiger partial charge on any atom is 0.269 e. The lowest BCUT2D eigenvalue weighted by atomic mass is 10.2. The molecule has 0 heterocycles. The van der Waals surface area contributed by atoms with E-state index in [2.05, 4.69) is 10.9 Å². The standard InChI is InChI=1S/C18H16ClFN2O3/c1-2-25-13-8-6-12(7-9-13)18(24)22-21-17(23)11-10-14-15(19)4-3-5-16(14)20/h3-11H,2H2,1H3,(H,21,23)(H,22,24)/b11-10+. The molecule has 2 amide bonds. The third-order valence-corrected chi connectivity index (χ3v) is 3.46. The summed E-state index contributed by atoms with van der Waals surface area (Å²) < 4.78 is 18.9. The van der Waals surface area contributed by atoms with Gasteiger partial charge >= 0.3 is 0 Å². The molecular weight excluding hydrogens is 347 g/mol. The lowest BCUT2D eigenvalue weighted by molar-refractivity contribution is -0.117. The van der Waals surface area contributed by atoms with E-state index in [1.807, 2.05) is 6.92 Å². The van der Waals surface area contributed by atoms with Crippen molar-refractivity contribution in [3.8, 4) is 5.75 Å². The van der Waals surface area contributed by atoms with Crippen LogP contribution < -0.4 is 15.6 Å². The van der Waals surface area contributed by atoms with E-state index in [0.29, 0.717) is 17.9 Å². The maximum absolute atomic E-state index is 13.6. The molecule has 0 aliphatic carbocycles. The molecule has 0 aromatic heterocycles. The number of amides is 2. The van der Waals surface area contributed by atoms with Crippen LogP contribution in [-0.2, 0) is 4.79 Å². The molecule has 2 N–H and O–H groups in total. The Morgan fingerprint density at radius 3 is 2.52 bits per heavy atom. The van der Waals surface area contributed by atoms with Crippen LogP contribution in [0.25, 0.3) is 6.08 Å². The van der Waals surface area contributed by atoms with Gasteiger partial charge in [-0.05, 0) is 49.4 Å². The minimum atomic E-state index is -0.626. The van der Waals surface area contributed by atoms with Crippen molar-refractivity contribution in [1.29, 1.82) is 0 Å². The number of carbonyl (C=O) groups excluding carboxylic acids is 2. The average molecular weight is 363 g/mol. The first kappa shape index (κ1) is 18.5. The van der Waals surface area contributed by atoms with Crippen LogP contribution in [0.1, 0.15) is 22.8 Å². The quantitative estimate of drug-likeness (QED) is 0.633. The number of hydrogen-bond acceptors (Lipinski definition) is 3. The predicted octanol–water partition coefficient (Wildman–Crippen LogP) is 3.35. The summed E-state index contributed by atoms with van der Waals surface area (Å²) in [7, 11) is 0. The first-order valence-electron chi connectivity index (χ1n) is 7.46. The smallest absolute Gasteiger partial charge is 0.269 e. The number of benzene rings is 2. The zero-order valence-corrected chi connectivity index (χ0v) is 14.1. The molecule has 0 fully saturated rings. The second kappa shape index (κ2) is 8.84. The molecule has 130 valence electrons. The van der Waals surface area contributed by atoms with Crippen molar-refractivity contribution in [2.45, 2.75) is 6.92 Å². The van der Waals surface area contributed by atoms with Gasteiger partial charge in [-0.15, -0.1) is 0 Å². The molecule has 5 nitrogen and oxygen atoms in total. The van der Waals surface area contributed by atoms with Crippen LogP contribution in [0, 0.1) is 5.82 Å². The van der Waals surface area contributed by atoms with Crippen LogP contribution in [0.4, 0.5) is 4.39 Å². The molecule has 2 aromatic rings. The lowest BCUT2D eigenvalue weighted by Gasteiger charge is -2.07. The minimum Gasteiger partial charge on any atom is -0.494 e. The van der Waals surface area contributed by atoms with Gasteiger partial charge in [0.2, 0.25) is 0 Å². The number of ether oxygens (including phenoxy) is 1. The molecular formula is C18H16ClFN2O3. The summed E-state index contributed by atoms with van der Waals surface area (Å²) in [6, 6.07) is 10.7. The van der Waals surface area contributed by atoms with Crippen molar-refractivity contribution in [3.05, 3.63) is 70.5 Å². The van der Waals surface area contributed by atoms with E-state index in [1.165, 1.54) is 24.3 Å². The number of hydrogen-bond donors (Lipinski definition) is 2. The molecule has 0 aliphatic heterocycles. The van der Waals surface area contributed by atoms with E-state index in [1.54, 1.807) is 24.3 Å². The number of nitrogens with one attached hydrogen (secondary N) is 2. The van der Waals surface area contributed by atoms with E-state index in [4.69, 9.17) is 16.3 Å². The van der Waals surface area contributed by atoms with Gasteiger partial charge in [0, 0.05) is 17.2 Å². The Balaban J connectivity index is 1.91. The largest absolute Gasteiger partial charge is 0.494 e. The molecule has 0 spiro atoms. The summed E-state index contributed by atoms with van der Waals surface area (Å²) in [4.78, 5) is 23.6. The Hall–Kier alpha value is -2.86. The molecule has 0 unspecified atom stereocenters. The van der Waals surface area contributed by atoms with Crippen LogP contribution in [-0.4, -0.2) is 18.4 Å². The van der Waals surface area contributed by atoms with Crippen LogP contribution in [0.2, 0.25) is 5.02 Å². The van der Waals surface area contributed by atoms with Gasteiger partial charge in [0.1, 0.15) is 11.6 Å². The van der Waals surface area contributed by atoms with E-state index in [0.717, 1.165) is 6.08 Å². The second-order valence-electron chi connectivity index (χ2n) is 4.87. The van der Waals surface area contributed by atoms with Crippen molar-refractivity contribution in [1.82, 2.24) is 10.9 Å². The van der Waals surface area contributed by atoms with Gasteiger partial charge < -0.3 is 4.74 Å². The van der Waals surface area contributed by atoms with Crippen molar-refractivity contribution in [3.63, 3.8) is 0 Å². The van der Waals surface area contributed by atoms with Crippen molar-refractivity contribution < 1.29 is 18.7 Å². The Morgan fingerprint density at radius 1 is 1.16 bits per heavy atom. The van der Waals surface area contributed by atoms with Gasteiger partial charge in [-0.25, -0.2) is 4.39 Å². The molecule has 0 bridgehead atoms. The van der Waals surface area contributed by atoms with E-state index >= 15 is 0 Å². The minimum absolute atomic E-state index is 0.0946. The Bertz CT molecular complexity index is 771. The number of hydrazine groups is 1. The molecule has 0 atom stereocenters. The SMILES string of the molecule is CCOc1ccc(C(=O)NNC(=O)/C=C/c2c(F)cccc2Cl)cc1. The molecule has 0 saturated carbocycles. The highest BCUT2D eigenvalue weighted by atomic mass is 35.5.